The SMILES string of the molecule is Cc1nc2c(ccn2[C@@H]2O[C@@H]3COP(=O)(O)O[C@@H]4C(O)[C@H](n5ccc6c(N)ncnc65)O[C@@H]4COP(O)(=S)O[C@H]2C3O)c(=O)[nH]1.Cc1nc2c(ccn2[C@@H]2O[C@@H]3COP(=O)(S)O[C@@H]4C(O)[C@H](n5ccc6c(N)ncnc65)O[C@@H]4COP(O)(=S)O[C@H]2C3O)c(=O)[nH]1. The zero-order valence-corrected chi connectivity index (χ0v) is 52.3. The van der Waals surface area contributed by atoms with Gasteiger partial charge in [0.2, 0.25) is 0 Å². The molecule has 6 saturated heterocycles. The molecule has 484 valence electrons. The van der Waals surface area contributed by atoms with Crippen LogP contribution in [0.4, 0.5) is 11.6 Å². The molecule has 4 bridgehead atoms. The van der Waals surface area contributed by atoms with Gasteiger partial charge in [-0.3, -0.25) is 36.7 Å². The number of nitrogens with two attached hydrogens (primary N) is 2. The van der Waals surface area contributed by atoms with E-state index in [0.717, 1.165) is 0 Å². The van der Waals surface area contributed by atoms with E-state index in [4.69, 9.17) is 90.2 Å². The number of aliphatic hydroxyl groups excluding tert-OH is 4. The molecule has 37 nitrogen and oxygen atoms in total. The second kappa shape index (κ2) is 24.1. The molecule has 0 aromatic carbocycles. The molecule has 0 spiro atoms. The number of ether oxygens (including phenoxy) is 4. The lowest BCUT2D eigenvalue weighted by Gasteiger charge is -2.27. The number of H-pyrrole nitrogens is 2. The number of hydrogen-bond acceptors (Lipinski definition) is 30. The average Bonchev–Trinajstić information content (AvgIpc) is 1.81. The zero-order chi connectivity index (χ0) is 63.7. The first-order valence-electron chi connectivity index (χ1n) is 26.9. The number of phosphoric ester groups is 1. The molecule has 14 rings (SSSR count). The molecule has 6 aliphatic rings. The van der Waals surface area contributed by atoms with Gasteiger partial charge in [-0.2, -0.15) is 0 Å². The summed E-state index contributed by atoms with van der Waals surface area (Å²) in [5.74, 6) is 1.02. The Hall–Kier alpha value is -4.97. The molecule has 8 aromatic rings. The number of thiol groups is 1. The summed E-state index contributed by atoms with van der Waals surface area (Å²) in [6, 6.07) is 6.22. The minimum absolute atomic E-state index is 0.180. The van der Waals surface area contributed by atoms with Gasteiger partial charge in [0.25, 0.3) is 11.1 Å². The number of aromatic amines is 2. The van der Waals surface area contributed by atoms with Gasteiger partial charge >= 0.3 is 28.1 Å². The van der Waals surface area contributed by atoms with Gasteiger partial charge in [0.1, 0.15) is 132 Å². The van der Waals surface area contributed by atoms with Crippen molar-refractivity contribution in [3.8, 4) is 0 Å². The molecule has 8 aromatic heterocycles. The third-order valence-corrected chi connectivity index (χ3v) is 21.2. The van der Waals surface area contributed by atoms with E-state index in [1.54, 1.807) is 32.2 Å². The van der Waals surface area contributed by atoms with E-state index in [0.29, 0.717) is 33.7 Å². The molecule has 6 aliphatic heterocycles. The second-order valence-corrected chi connectivity index (χ2v) is 31.1. The fraction of sp³-hybridized carbons (Fsp3) is 0.478. The van der Waals surface area contributed by atoms with E-state index in [1.807, 2.05) is 0 Å². The number of aryl methyl sites for hydroxylation is 2. The number of anilines is 2. The van der Waals surface area contributed by atoms with Crippen molar-refractivity contribution < 1.29 is 99.4 Å². The van der Waals surface area contributed by atoms with Gasteiger partial charge in [0.05, 0.1) is 48.0 Å². The van der Waals surface area contributed by atoms with Crippen LogP contribution in [0.25, 0.3) is 44.1 Å². The molecule has 13 N–H and O–H groups in total. The summed E-state index contributed by atoms with van der Waals surface area (Å²) < 4.78 is 101. The van der Waals surface area contributed by atoms with Crippen LogP contribution in [0.1, 0.15) is 36.6 Å². The number of aliphatic hydroxyl groups is 4. The highest BCUT2D eigenvalue weighted by molar-refractivity contribution is 8.44. The van der Waals surface area contributed by atoms with Crippen LogP contribution in [-0.4, -0.2) is 193 Å². The van der Waals surface area contributed by atoms with E-state index in [-0.39, 0.29) is 33.7 Å². The molecule has 8 unspecified atom stereocenters. The molecule has 0 radical (unpaired) electrons. The van der Waals surface area contributed by atoms with E-state index >= 15 is 0 Å². The van der Waals surface area contributed by atoms with E-state index in [1.165, 1.54) is 61.6 Å². The highest BCUT2D eigenvalue weighted by Gasteiger charge is 2.55. The highest BCUT2D eigenvalue weighted by Crippen LogP contribution is 2.59. The minimum Gasteiger partial charge on any atom is -0.387 e. The van der Waals surface area contributed by atoms with Crippen molar-refractivity contribution in [3.05, 3.63) is 94.1 Å². The largest absolute Gasteiger partial charge is 0.472 e. The van der Waals surface area contributed by atoms with Crippen LogP contribution >= 0.6 is 40.3 Å². The maximum Gasteiger partial charge on any atom is 0.472 e. The Labute approximate surface area is 518 Å². The first kappa shape index (κ1) is 63.8. The molecular weight excluding hydrogens is 1340 g/mol. The molecule has 44 heteroatoms. The number of aromatic nitrogens is 12. The molecule has 14 heterocycles. The van der Waals surface area contributed by atoms with Crippen molar-refractivity contribution in [1.29, 1.82) is 0 Å². The van der Waals surface area contributed by atoms with Gasteiger partial charge in [-0.1, -0.05) is 12.2 Å². The van der Waals surface area contributed by atoms with Gasteiger partial charge in [0.15, 0.2) is 24.9 Å². The fourth-order valence-electron chi connectivity index (χ4n) is 11.3. The number of phosphoric acid groups is 1. The number of rotatable bonds is 4. The van der Waals surface area contributed by atoms with Crippen LogP contribution in [0.5, 0.6) is 0 Å². The number of nitrogens with zero attached hydrogens (tertiary/aromatic N) is 10. The third kappa shape index (κ3) is 12.1. The van der Waals surface area contributed by atoms with Crippen LogP contribution in [0.2, 0.25) is 0 Å². The predicted molar refractivity (Wildman–Crippen MR) is 316 cm³/mol. The summed E-state index contributed by atoms with van der Waals surface area (Å²) in [7, 11) is -4.97. The molecule has 0 saturated carbocycles. The van der Waals surface area contributed by atoms with Crippen LogP contribution in [0.3, 0.4) is 0 Å². The summed E-state index contributed by atoms with van der Waals surface area (Å²) in [5, 5.41) is 46.3. The molecule has 0 aliphatic carbocycles. The second-order valence-electron chi connectivity index (χ2n) is 21.2. The molecule has 0 amide bonds. The lowest BCUT2D eigenvalue weighted by atomic mass is 10.1. The summed E-state index contributed by atoms with van der Waals surface area (Å²) in [6.45, 7) is -11.8. The fourth-order valence-corrected chi connectivity index (χ4v) is 16.6. The topological polar surface area (TPSA) is 501 Å². The molecule has 20 atom stereocenters. The Kier molecular flexibility index (Phi) is 17.1. The van der Waals surface area contributed by atoms with Gasteiger partial charge in [-0.05, 0) is 61.7 Å². The average molecular weight is 1390 g/mol. The van der Waals surface area contributed by atoms with E-state index in [9.17, 15) is 53.8 Å². The molecule has 90 heavy (non-hydrogen) atoms. The minimum atomic E-state index is -4.97. The van der Waals surface area contributed by atoms with E-state index in [2.05, 4.69) is 52.1 Å². The molecule has 6 fully saturated rings. The lowest BCUT2D eigenvalue weighted by molar-refractivity contribution is -0.0634. The van der Waals surface area contributed by atoms with Crippen LogP contribution in [0, 0.1) is 13.8 Å². The van der Waals surface area contributed by atoms with Gasteiger partial charge in [0, 0.05) is 24.8 Å². The number of nitrogens with one attached hydrogen (secondary N) is 2. The van der Waals surface area contributed by atoms with Gasteiger partial charge < -0.3 is 103 Å². The summed E-state index contributed by atoms with van der Waals surface area (Å²) in [4.78, 5) is 88.0. The first-order valence-corrected chi connectivity index (χ1v) is 36.3. The summed E-state index contributed by atoms with van der Waals surface area (Å²) >= 11 is 14.6. The van der Waals surface area contributed by atoms with Crippen molar-refractivity contribution in [2.45, 2.75) is 112 Å². The third-order valence-electron chi connectivity index (χ3n) is 15.4. The predicted octanol–water partition coefficient (Wildman–Crippen LogP) is 0.360. The Morgan fingerprint density at radius 1 is 0.511 bits per heavy atom. The van der Waals surface area contributed by atoms with Crippen LogP contribution < -0.4 is 22.6 Å². The van der Waals surface area contributed by atoms with Crippen molar-refractivity contribution >= 4 is 120 Å². The van der Waals surface area contributed by atoms with Crippen molar-refractivity contribution in [3.63, 3.8) is 0 Å². The Morgan fingerprint density at radius 2 is 0.889 bits per heavy atom. The van der Waals surface area contributed by atoms with E-state index < -0.39 is 164 Å². The first-order chi connectivity index (χ1) is 42.6. The van der Waals surface area contributed by atoms with Gasteiger partial charge in [-0.25, -0.2) is 39.0 Å². The number of nitrogen functional groups attached to an aromatic ring is 2. The Bertz CT molecular complexity index is 4150. The highest BCUT2D eigenvalue weighted by atomic mass is 32.7. The maximum atomic E-state index is 13.4. The number of hydrogen-bond donors (Lipinski definition) is 12. The standard InChI is InChI=1S/C23H27N7O12P2S.C23H27N7O11P2S2/c1-9-27-20-11(21(33)28-9)3-5-30(20)23-17-14(31)12(39-23)6-37-43(34,35)41-16-13(7-38-44(36,45)42-17)40-22(15(16)32)29-4-2-10-18(24)25-8-26-19(10)29;1-9-27-20-11(21(33)28-9)3-5-30(20)23-17-14(31)12(38-23)6-36-42(34,44)40-16-13(7-37-43(35,45)41-17)39-22(15(16)32)29-4-2-10-18(24)25-8-26-19(10)29/h2-5,8,12-17,22-23,31-32H,6-7H2,1H3,(H,34,35)(H,36,45)(H2,24,25,26)(H,27,28,33);2-5,8,12-17,22-23,31-32H,6-7H2,1H3,(H,34,44)(H,35,45)(H2,24,25,26)(H,27,28,33)/t12-,13-,14?,15?,16+,17+,22-,23-,44?;12-,13-,14?,15?,16+,17+,22-,23-,42?,43?/m11/s1. The van der Waals surface area contributed by atoms with Crippen molar-refractivity contribution in [1.82, 2.24) is 58.1 Å². The summed E-state index contributed by atoms with van der Waals surface area (Å²) in [6.07, 6.45) is -13.0. The smallest absolute Gasteiger partial charge is 0.387 e. The maximum absolute atomic E-state index is 13.4. The Balaban J connectivity index is 0.000000165. The van der Waals surface area contributed by atoms with Gasteiger partial charge in [-0.15, -0.1) is 0 Å². The van der Waals surface area contributed by atoms with Crippen molar-refractivity contribution in [2.24, 2.45) is 0 Å². The monoisotopic (exact) mass is 1390 g/mol. The Morgan fingerprint density at radius 3 is 1.33 bits per heavy atom. The van der Waals surface area contributed by atoms with Crippen LogP contribution in [0.15, 0.2) is 71.3 Å². The summed E-state index contributed by atoms with van der Waals surface area (Å²) in [5.41, 5.74) is 12.1. The zero-order valence-electron chi connectivity index (χ0n) is 46.2. The quantitative estimate of drug-likeness (QED) is 0.0836. The van der Waals surface area contributed by atoms with Crippen LogP contribution in [-0.2, 0) is 87.9 Å². The van der Waals surface area contributed by atoms with Crippen molar-refractivity contribution in [2.75, 3.05) is 37.9 Å². The lowest BCUT2D eigenvalue weighted by Crippen LogP contribution is -2.36. The normalized spacial score (nSPS) is 37.7. The number of fused-ring (bicyclic) bond motifs is 10. The molecular formula is C46H54N14O23P4S3.